The molecule has 1 saturated carbocycles. The van der Waals surface area contributed by atoms with Crippen molar-refractivity contribution in [1.82, 2.24) is 20.5 Å². The van der Waals surface area contributed by atoms with Crippen LogP contribution in [0.4, 0.5) is 5.69 Å². The first-order valence-corrected chi connectivity index (χ1v) is 14.0. The lowest BCUT2D eigenvalue weighted by atomic mass is 9.92. The van der Waals surface area contributed by atoms with Gasteiger partial charge in [0.1, 0.15) is 5.56 Å². The van der Waals surface area contributed by atoms with Gasteiger partial charge in [0, 0.05) is 41.0 Å². The van der Waals surface area contributed by atoms with Crippen molar-refractivity contribution >= 4 is 34.8 Å². The quantitative estimate of drug-likeness (QED) is 0.213. The second kappa shape index (κ2) is 12.8. The molecular formula is C30H29Cl2N5O4. The number of ether oxygens (including phenoxy) is 1. The van der Waals surface area contributed by atoms with Crippen LogP contribution < -0.4 is 20.9 Å². The van der Waals surface area contributed by atoms with Crippen molar-refractivity contribution in [1.29, 1.82) is 0 Å². The fraction of sp³-hybridized carbons (Fsp3) is 0.267. The summed E-state index contributed by atoms with van der Waals surface area (Å²) in [5, 5.41) is 23.0. The summed E-state index contributed by atoms with van der Waals surface area (Å²) >= 11 is 13.6. The van der Waals surface area contributed by atoms with Gasteiger partial charge in [-0.1, -0.05) is 72.4 Å². The number of carbonyl (C=O) groups excluding carboxylic acids is 1. The van der Waals surface area contributed by atoms with Gasteiger partial charge < -0.3 is 20.5 Å². The van der Waals surface area contributed by atoms with Crippen molar-refractivity contribution in [3.05, 3.63) is 92.3 Å². The average Bonchev–Trinajstić information content (AvgIpc) is 2.98. The number of nitrogens with zero attached hydrogens (tertiary/aromatic N) is 2. The van der Waals surface area contributed by atoms with Crippen LogP contribution in [0, 0.1) is 0 Å². The molecular weight excluding hydrogens is 565 g/mol. The number of hydrogen-bond donors (Lipinski definition) is 4. The zero-order valence-corrected chi connectivity index (χ0v) is 23.8. The average molecular weight is 594 g/mol. The molecule has 1 amide bonds. The molecule has 2 atom stereocenters. The summed E-state index contributed by atoms with van der Waals surface area (Å²) < 4.78 is 5.60. The maximum atomic E-state index is 12.7. The monoisotopic (exact) mass is 593 g/mol. The van der Waals surface area contributed by atoms with E-state index in [9.17, 15) is 14.7 Å². The SMILES string of the molecule is COc1nc(-c2cccc(-c3cccc(NC(=O)c4ccn[nH]c4=O)c3Cl)c2Cl)ccc1CN[C@@H]1CCCC[C@@H]1O. The number of amides is 1. The standard InChI is InChI=1S/C30H29Cl2N5O4/c1-41-30-17(16-33-23-9-2-3-11-25(23)38)12-13-22(36-30)20-8-4-6-18(26(20)31)19-7-5-10-24(27(19)32)35-28(39)21-14-15-34-37-29(21)40/h4-8,10,12-15,23,25,33,38H,2-3,9,11,16H2,1H3,(H,35,39)(H,37,40)/t23-,25+/m1/s1. The summed E-state index contributed by atoms with van der Waals surface area (Å²) in [5.74, 6) is -0.146. The Morgan fingerprint density at radius 1 is 1.02 bits per heavy atom. The highest BCUT2D eigenvalue weighted by molar-refractivity contribution is 6.39. The second-order valence-corrected chi connectivity index (χ2v) is 10.5. The molecule has 41 heavy (non-hydrogen) atoms. The molecule has 9 nitrogen and oxygen atoms in total. The van der Waals surface area contributed by atoms with Crippen LogP contribution in [-0.2, 0) is 6.54 Å². The number of anilines is 1. The first-order chi connectivity index (χ1) is 19.9. The van der Waals surface area contributed by atoms with Gasteiger partial charge in [0.15, 0.2) is 0 Å². The largest absolute Gasteiger partial charge is 0.481 e. The summed E-state index contributed by atoms with van der Waals surface area (Å²) in [6.45, 7) is 0.519. The summed E-state index contributed by atoms with van der Waals surface area (Å²) in [6, 6.07) is 15.9. The highest BCUT2D eigenvalue weighted by atomic mass is 35.5. The van der Waals surface area contributed by atoms with Gasteiger partial charge in [-0.2, -0.15) is 5.10 Å². The third-order valence-electron chi connectivity index (χ3n) is 7.20. The molecule has 0 saturated heterocycles. The van der Waals surface area contributed by atoms with E-state index < -0.39 is 11.5 Å². The Morgan fingerprint density at radius 2 is 1.76 bits per heavy atom. The zero-order valence-electron chi connectivity index (χ0n) is 22.3. The number of nitrogens with one attached hydrogen (secondary N) is 3. The molecule has 5 rings (SSSR count). The maximum absolute atomic E-state index is 12.7. The number of H-pyrrole nitrogens is 1. The molecule has 0 unspecified atom stereocenters. The van der Waals surface area contributed by atoms with Crippen molar-refractivity contribution in [3.63, 3.8) is 0 Å². The highest BCUT2D eigenvalue weighted by Crippen LogP contribution is 2.41. The van der Waals surface area contributed by atoms with Gasteiger partial charge in [-0.15, -0.1) is 0 Å². The maximum Gasteiger partial charge on any atom is 0.277 e. The number of hydrogen-bond acceptors (Lipinski definition) is 7. The Hall–Kier alpha value is -3.76. The van der Waals surface area contributed by atoms with E-state index in [0.717, 1.165) is 31.2 Å². The van der Waals surface area contributed by atoms with Crippen LogP contribution >= 0.6 is 23.2 Å². The van der Waals surface area contributed by atoms with E-state index >= 15 is 0 Å². The first kappa shape index (κ1) is 28.8. The predicted molar refractivity (Wildman–Crippen MR) is 160 cm³/mol. The summed E-state index contributed by atoms with van der Waals surface area (Å²) in [4.78, 5) is 29.4. The van der Waals surface area contributed by atoms with Crippen LogP contribution in [0.15, 0.2) is 65.6 Å². The molecule has 0 aliphatic heterocycles. The number of benzene rings is 2. The fourth-order valence-electron chi connectivity index (χ4n) is 5.01. The second-order valence-electron chi connectivity index (χ2n) is 9.79. The third kappa shape index (κ3) is 6.28. The smallest absolute Gasteiger partial charge is 0.277 e. The van der Waals surface area contributed by atoms with Crippen LogP contribution in [0.3, 0.4) is 0 Å². The van der Waals surface area contributed by atoms with Crippen LogP contribution in [0.2, 0.25) is 10.0 Å². The Morgan fingerprint density at radius 3 is 2.51 bits per heavy atom. The minimum absolute atomic E-state index is 0.0509. The topological polar surface area (TPSA) is 129 Å². The van der Waals surface area contributed by atoms with E-state index in [1.807, 2.05) is 30.3 Å². The van der Waals surface area contributed by atoms with E-state index in [0.29, 0.717) is 45.5 Å². The van der Waals surface area contributed by atoms with Crippen molar-refractivity contribution in [2.24, 2.45) is 0 Å². The lowest BCUT2D eigenvalue weighted by molar-refractivity contribution is 0.0901. The number of pyridine rings is 1. The number of aromatic nitrogens is 3. The number of halogens is 2. The number of aliphatic hydroxyl groups is 1. The van der Waals surface area contributed by atoms with Crippen LogP contribution in [-0.4, -0.2) is 45.5 Å². The van der Waals surface area contributed by atoms with Gasteiger partial charge in [0.25, 0.3) is 11.5 Å². The molecule has 0 spiro atoms. The van der Waals surface area contributed by atoms with Crippen molar-refractivity contribution in [3.8, 4) is 28.3 Å². The highest BCUT2D eigenvalue weighted by Gasteiger charge is 2.23. The summed E-state index contributed by atoms with van der Waals surface area (Å²) in [5.41, 5.74) is 3.04. The Bertz CT molecular complexity index is 1630. The summed E-state index contributed by atoms with van der Waals surface area (Å²) in [7, 11) is 1.57. The van der Waals surface area contributed by atoms with Crippen LogP contribution in [0.25, 0.3) is 22.4 Å². The summed E-state index contributed by atoms with van der Waals surface area (Å²) in [6.07, 6.45) is 4.88. The van der Waals surface area contributed by atoms with Crippen LogP contribution in [0.5, 0.6) is 5.88 Å². The van der Waals surface area contributed by atoms with E-state index in [1.54, 1.807) is 25.3 Å². The lowest BCUT2D eigenvalue weighted by Crippen LogP contribution is -2.41. The minimum atomic E-state index is -0.614. The van der Waals surface area contributed by atoms with Gasteiger partial charge in [-0.3, -0.25) is 9.59 Å². The van der Waals surface area contributed by atoms with E-state index in [1.165, 1.54) is 12.3 Å². The Kier molecular flexibility index (Phi) is 8.99. The third-order valence-corrected chi connectivity index (χ3v) is 8.01. The van der Waals surface area contributed by atoms with E-state index in [2.05, 4.69) is 20.8 Å². The van der Waals surface area contributed by atoms with Gasteiger partial charge in [-0.25, -0.2) is 10.1 Å². The van der Waals surface area contributed by atoms with Gasteiger partial charge in [0.2, 0.25) is 5.88 Å². The molecule has 1 fully saturated rings. The molecule has 1 aliphatic carbocycles. The first-order valence-electron chi connectivity index (χ1n) is 13.3. The lowest BCUT2D eigenvalue weighted by Gasteiger charge is -2.28. The molecule has 0 bridgehead atoms. The fourth-order valence-corrected chi connectivity index (χ4v) is 5.61. The number of carbonyl (C=O) groups is 1. The van der Waals surface area contributed by atoms with Crippen molar-refractivity contribution in [2.45, 2.75) is 44.4 Å². The van der Waals surface area contributed by atoms with Gasteiger partial charge >= 0.3 is 0 Å². The molecule has 212 valence electrons. The number of aromatic amines is 1. The molecule has 2 aromatic heterocycles. The van der Waals surface area contributed by atoms with E-state index in [4.69, 9.17) is 32.9 Å². The Labute approximate surface area is 246 Å². The molecule has 1 aliphatic rings. The number of methoxy groups -OCH3 is 1. The Balaban J connectivity index is 1.41. The van der Waals surface area contributed by atoms with Gasteiger partial charge in [-0.05, 0) is 31.0 Å². The molecule has 0 radical (unpaired) electrons. The van der Waals surface area contributed by atoms with Crippen molar-refractivity contribution in [2.75, 3.05) is 12.4 Å². The van der Waals surface area contributed by atoms with Gasteiger partial charge in [0.05, 0.1) is 34.6 Å². The number of rotatable bonds is 8. The molecule has 2 aromatic carbocycles. The van der Waals surface area contributed by atoms with Crippen molar-refractivity contribution < 1.29 is 14.6 Å². The zero-order chi connectivity index (χ0) is 28.9. The van der Waals surface area contributed by atoms with E-state index in [-0.39, 0.29) is 22.7 Å². The minimum Gasteiger partial charge on any atom is -0.481 e. The normalized spacial score (nSPS) is 16.8. The molecule has 2 heterocycles. The number of aliphatic hydroxyl groups excluding tert-OH is 1. The van der Waals surface area contributed by atoms with Crippen LogP contribution in [0.1, 0.15) is 41.6 Å². The molecule has 4 aromatic rings. The molecule has 11 heteroatoms. The predicted octanol–water partition coefficient (Wildman–Crippen LogP) is 5.46. The molecule has 4 N–H and O–H groups in total.